The summed E-state index contributed by atoms with van der Waals surface area (Å²) in [7, 11) is -7.09. The maximum atomic E-state index is 13.8. The molecule has 2 amide bonds. The molecule has 8 heterocycles. The number of fused-ring (bicyclic) bond motifs is 2. The van der Waals surface area contributed by atoms with E-state index in [9.17, 15) is 36.8 Å². The number of piperidine rings is 2. The zero-order chi connectivity index (χ0) is 58.2. The number of hydrogen-bond donors (Lipinski definition) is 6. The molecule has 10 rings (SSSR count). The Bertz CT molecular complexity index is 3540. The molecule has 0 saturated carbocycles. The molecule has 0 unspecified atom stereocenters. The number of aromatic nitrogens is 6. The van der Waals surface area contributed by atoms with Gasteiger partial charge < -0.3 is 35.3 Å². The molecule has 0 aliphatic carbocycles. The van der Waals surface area contributed by atoms with E-state index >= 15 is 0 Å². The Hall–Kier alpha value is -7.46. The number of aliphatic hydroxyl groups is 2. The van der Waals surface area contributed by atoms with E-state index in [4.69, 9.17) is 42.0 Å². The third-order valence-corrected chi connectivity index (χ3v) is 15.5. The maximum absolute atomic E-state index is 13.8. The van der Waals surface area contributed by atoms with Crippen molar-refractivity contribution in [1.29, 1.82) is 10.5 Å². The van der Waals surface area contributed by atoms with Gasteiger partial charge in [0.1, 0.15) is 11.0 Å². The number of β-amino-alcohol motifs (C(OH)–C–C–N with tert-alkyl or cyclic N) is 2. The second-order valence-corrected chi connectivity index (χ2v) is 24.2. The number of nitrogens with one attached hydrogen (secondary N) is 3. The first kappa shape index (κ1) is 60.2. The molecule has 24 nitrogen and oxygen atoms in total. The number of aliphatic hydroxyl groups excluding tert-OH is 2. The van der Waals surface area contributed by atoms with E-state index in [0.29, 0.717) is 78.4 Å². The van der Waals surface area contributed by atoms with Gasteiger partial charge in [-0.2, -0.15) is 20.7 Å². The lowest BCUT2D eigenvalue weighted by molar-refractivity contribution is -0.122. The van der Waals surface area contributed by atoms with Crippen molar-refractivity contribution >= 4 is 78.4 Å². The third-order valence-electron chi connectivity index (χ3n) is 13.9. The Kier molecular flexibility index (Phi) is 19.4. The molecule has 4 aliphatic rings. The number of likely N-dealkylation sites (tertiary alicyclic amines) is 2. The average Bonchev–Trinajstić information content (AvgIpc) is 4.35. The Morgan fingerprint density at radius 1 is 0.700 bits per heavy atom. The van der Waals surface area contributed by atoms with E-state index in [1.807, 2.05) is 63.2 Å². The first-order valence-corrected chi connectivity index (χ1v) is 30.0. The molecule has 4 aromatic heterocycles. The summed E-state index contributed by atoms with van der Waals surface area (Å²) in [4.78, 5) is 50.4. The molecule has 0 bridgehead atoms. The van der Waals surface area contributed by atoms with Crippen LogP contribution in [0.2, 0.25) is 5.15 Å². The fourth-order valence-electron chi connectivity index (χ4n) is 10.1. The van der Waals surface area contributed by atoms with E-state index in [1.54, 1.807) is 55.2 Å². The number of sulfonamides is 2. The van der Waals surface area contributed by atoms with Crippen LogP contribution in [0.5, 0.6) is 0 Å². The summed E-state index contributed by atoms with van der Waals surface area (Å²) in [6, 6.07) is 17.6. The van der Waals surface area contributed by atoms with E-state index in [-0.39, 0.29) is 47.7 Å². The fraction of sp³-hybridized carbons (Fsp3) is 0.453. The van der Waals surface area contributed by atoms with E-state index in [1.165, 1.54) is 0 Å². The van der Waals surface area contributed by atoms with Gasteiger partial charge in [-0.15, -0.1) is 0 Å². The number of benzene rings is 2. The predicted molar refractivity (Wildman–Crippen MR) is 299 cm³/mol. The van der Waals surface area contributed by atoms with Gasteiger partial charge in [0, 0.05) is 74.9 Å². The van der Waals surface area contributed by atoms with Crippen LogP contribution in [-0.4, -0.2) is 153 Å². The second-order valence-electron chi connectivity index (χ2n) is 20.3. The highest BCUT2D eigenvalue weighted by Crippen LogP contribution is 2.36. The zero-order valence-corrected chi connectivity index (χ0v) is 47.5. The molecule has 2 aromatic carbocycles. The Morgan fingerprint density at radius 3 is 1.60 bits per heavy atom. The number of rotatable bonds is 9. The number of carbonyl (C=O) groups excluding carboxylic acids is 2. The molecule has 6 aromatic rings. The minimum Gasteiger partial charge on any atom is -0.483 e. The van der Waals surface area contributed by atoms with Gasteiger partial charge in [0.2, 0.25) is 20.0 Å². The van der Waals surface area contributed by atoms with Crippen molar-refractivity contribution < 1.29 is 46.5 Å². The van der Waals surface area contributed by atoms with Gasteiger partial charge in [0.25, 0.3) is 18.3 Å². The van der Waals surface area contributed by atoms with Crippen LogP contribution in [0.1, 0.15) is 105 Å². The monoisotopic (exact) mass is 1160 g/mol. The topological polar surface area (TPSA) is 334 Å². The highest BCUT2D eigenvalue weighted by atomic mass is 35.5. The van der Waals surface area contributed by atoms with Gasteiger partial charge in [-0.3, -0.25) is 23.8 Å². The molecule has 80 heavy (non-hydrogen) atoms. The number of anilines is 3. The Balaban J connectivity index is 0.000000197. The lowest BCUT2D eigenvalue weighted by Crippen LogP contribution is -2.39. The first-order valence-electron chi connectivity index (χ1n) is 25.8. The summed E-state index contributed by atoms with van der Waals surface area (Å²) in [5.74, 6) is -0.416. The van der Waals surface area contributed by atoms with E-state index in [2.05, 4.69) is 30.9 Å². The fourth-order valence-corrected chi connectivity index (χ4v) is 11.4. The molecule has 6 N–H and O–H groups in total. The number of halogens is 1. The molecule has 0 spiro atoms. The van der Waals surface area contributed by atoms with Crippen molar-refractivity contribution in [3.63, 3.8) is 0 Å². The molecule has 4 saturated heterocycles. The SMILES string of the molecule is Cc1ccc(NS(C)(=O)=O)c(C(=O)N2CCCC[C@H]2c2cc3nc(Cl)c(C)cn3n2)c1.Cc1ccc(NS(C)(=O)=O)c(C(=O)N2CCCC[C@H]2c2cc3nc(N4C[C@@H](C#N)[C@@H](O)C4)c(C)cn3n2)c1.N#C[C@@H]1CNC[C@@H]1O.O=CO. The normalized spacial score (nSPS) is 21.0. The number of amides is 2. The number of aryl methyl sites for hydroxylation is 4. The highest BCUT2D eigenvalue weighted by molar-refractivity contribution is 7.92. The predicted octanol–water partition coefficient (Wildman–Crippen LogP) is 4.94. The van der Waals surface area contributed by atoms with E-state index < -0.39 is 38.2 Å². The van der Waals surface area contributed by atoms with Crippen molar-refractivity contribution in [3.8, 4) is 12.1 Å². The van der Waals surface area contributed by atoms with Crippen molar-refractivity contribution in [2.75, 3.05) is 66.1 Å². The van der Waals surface area contributed by atoms with Gasteiger partial charge in [-0.25, -0.2) is 35.8 Å². The lowest BCUT2D eigenvalue weighted by Gasteiger charge is -2.35. The highest BCUT2D eigenvalue weighted by Gasteiger charge is 2.36. The largest absolute Gasteiger partial charge is 0.483 e. The van der Waals surface area contributed by atoms with Crippen LogP contribution in [0, 0.1) is 62.2 Å². The Labute approximate surface area is 469 Å². The van der Waals surface area contributed by atoms with Gasteiger partial charge in [0.15, 0.2) is 11.3 Å². The summed E-state index contributed by atoms with van der Waals surface area (Å²) >= 11 is 6.15. The maximum Gasteiger partial charge on any atom is 0.290 e. The van der Waals surface area contributed by atoms with Gasteiger partial charge in [-0.1, -0.05) is 34.9 Å². The molecule has 27 heteroatoms. The smallest absolute Gasteiger partial charge is 0.290 e. The average molecular weight is 1160 g/mol. The van der Waals surface area contributed by atoms with Crippen molar-refractivity contribution in [3.05, 3.63) is 111 Å². The van der Waals surface area contributed by atoms with Crippen LogP contribution in [0.4, 0.5) is 17.2 Å². The van der Waals surface area contributed by atoms with Crippen molar-refractivity contribution in [1.82, 2.24) is 44.3 Å². The summed E-state index contributed by atoms with van der Waals surface area (Å²) < 4.78 is 55.8. The molecular weight excluding hydrogens is 1090 g/mol. The van der Waals surface area contributed by atoms with Crippen LogP contribution >= 0.6 is 11.6 Å². The quantitative estimate of drug-likeness (QED) is 0.0825. The van der Waals surface area contributed by atoms with Crippen LogP contribution < -0.4 is 19.7 Å². The molecule has 4 aliphatic heterocycles. The van der Waals surface area contributed by atoms with Crippen molar-refractivity contribution in [2.45, 2.75) is 90.5 Å². The third kappa shape index (κ3) is 14.7. The van der Waals surface area contributed by atoms with Crippen LogP contribution in [-0.2, 0) is 24.8 Å². The summed E-state index contributed by atoms with van der Waals surface area (Å²) in [6.45, 7) is 10.3. The number of nitriles is 2. The number of nitrogens with zero attached hydrogens (tertiary/aromatic N) is 11. The second kappa shape index (κ2) is 25.8. The summed E-state index contributed by atoms with van der Waals surface area (Å²) in [5.41, 5.74) is 7.28. The summed E-state index contributed by atoms with van der Waals surface area (Å²) in [6.07, 6.45) is 9.77. The van der Waals surface area contributed by atoms with Gasteiger partial charge >= 0.3 is 0 Å². The molecule has 426 valence electrons. The van der Waals surface area contributed by atoms with Crippen LogP contribution in [0.15, 0.2) is 60.9 Å². The minimum atomic E-state index is -3.57. The molecular formula is C53H65ClN14O10S2. The van der Waals surface area contributed by atoms with Crippen LogP contribution in [0.25, 0.3) is 11.3 Å². The van der Waals surface area contributed by atoms with Gasteiger partial charge in [0.05, 0.1) is 94.7 Å². The van der Waals surface area contributed by atoms with Crippen molar-refractivity contribution in [2.24, 2.45) is 11.8 Å². The minimum absolute atomic E-state index is 0.185. The molecule has 6 atom stereocenters. The molecule has 4 fully saturated rings. The number of carboxylic acid groups (broad SMARTS) is 1. The Morgan fingerprint density at radius 2 is 1.18 bits per heavy atom. The van der Waals surface area contributed by atoms with E-state index in [0.717, 1.165) is 79.0 Å². The zero-order valence-electron chi connectivity index (χ0n) is 45.1. The number of hydrogen-bond acceptors (Lipinski definition) is 17. The summed E-state index contributed by atoms with van der Waals surface area (Å²) in [5, 5.41) is 56.3. The standard InChI is InChI=1S/C26H31N7O4S.C21H24ClN5O3S.C5H8N2O.CH2O2/c1-16-7-8-20(30-38(3,36)37)19(10-16)26(35)32-9-5-4-6-22(32)21-11-24-28-25(17(2)13-33(24)29-21)31-14-18(12-27)23(34)15-31;1-13-7-8-16(25-31(3,29)30)15(10-13)21(28)26-9-5-4-6-18(26)17-11-19-23-20(22)14(2)12-27(19)24-17;6-1-4-2-7-3-5(4)8;2-1-3/h7-8,10-11,13,18,22-23,30,34H,4-6,9,14-15H2,1-3H3;7-8,10-12,18,25H,4-6,9H2,1-3H3;4-5,7-8H,2-3H2;1H,(H,2,3)/t18-,22+,23+;18-;4-,5+;/m101./s1. The lowest BCUT2D eigenvalue weighted by atomic mass is 9.97. The first-order chi connectivity index (χ1) is 37.9. The number of carbonyl (C=O) groups is 3. The van der Waals surface area contributed by atoms with Crippen LogP contribution in [0.3, 0.4) is 0 Å². The van der Waals surface area contributed by atoms with Gasteiger partial charge in [-0.05, 0) is 90.5 Å². The molecule has 0 radical (unpaired) electrons.